The third-order valence-electron chi connectivity index (χ3n) is 2.38. The summed E-state index contributed by atoms with van der Waals surface area (Å²) in [6.45, 7) is 0. The van der Waals surface area contributed by atoms with Gasteiger partial charge in [-0.05, 0) is 18.2 Å². The molecule has 0 aliphatic rings. The molecule has 0 saturated carbocycles. The molecule has 0 radical (unpaired) electrons. The molecule has 0 atom stereocenters. The monoisotopic (exact) mass is 288 g/mol. The number of benzene rings is 1. The first-order chi connectivity index (χ1) is 9.63. The highest BCUT2D eigenvalue weighted by Crippen LogP contribution is 2.20. The second-order valence-electron chi connectivity index (χ2n) is 3.69. The summed E-state index contributed by atoms with van der Waals surface area (Å²) in [4.78, 5) is 19.7. The number of carbonyl (C=O) groups excluding carboxylic acids is 1. The summed E-state index contributed by atoms with van der Waals surface area (Å²) in [5, 5.41) is 11.6. The van der Waals surface area contributed by atoms with Gasteiger partial charge in [-0.2, -0.15) is 5.26 Å². The number of nitrogens with two attached hydrogens (primary N) is 1. The Bertz CT molecular complexity index is 679. The zero-order valence-electron chi connectivity index (χ0n) is 10.1. The fraction of sp³-hybridized carbons (Fsp3) is 0. The lowest BCUT2D eigenvalue weighted by Gasteiger charge is -2.06. The molecule has 2 rings (SSSR count). The first-order valence-electron chi connectivity index (χ1n) is 5.43. The lowest BCUT2D eigenvalue weighted by molar-refractivity contribution is 0.102. The molecule has 0 spiro atoms. The van der Waals surface area contributed by atoms with E-state index >= 15 is 0 Å². The Morgan fingerprint density at radius 2 is 2.15 bits per heavy atom. The van der Waals surface area contributed by atoms with Crippen molar-refractivity contribution in [2.75, 3.05) is 10.7 Å². The number of hydrazine groups is 1. The topological polar surface area (TPSA) is 117 Å². The van der Waals surface area contributed by atoms with E-state index in [1.165, 1.54) is 24.5 Å². The zero-order chi connectivity index (χ0) is 14.5. The SMILES string of the molecule is N#Cc1ccc(NC(=O)c2cnc(NN)cn2)cc1Cl. The third kappa shape index (κ3) is 3.00. The number of rotatable bonds is 3. The zero-order valence-corrected chi connectivity index (χ0v) is 10.8. The summed E-state index contributed by atoms with van der Waals surface area (Å²) in [7, 11) is 0. The van der Waals surface area contributed by atoms with Crippen molar-refractivity contribution in [1.29, 1.82) is 5.26 Å². The van der Waals surface area contributed by atoms with Crippen molar-refractivity contribution in [2.45, 2.75) is 0 Å². The van der Waals surface area contributed by atoms with E-state index in [-0.39, 0.29) is 10.7 Å². The quantitative estimate of drug-likeness (QED) is 0.582. The smallest absolute Gasteiger partial charge is 0.275 e. The molecule has 100 valence electrons. The fourth-order valence-corrected chi connectivity index (χ4v) is 1.62. The predicted octanol–water partition coefficient (Wildman–Crippen LogP) is 1.54. The van der Waals surface area contributed by atoms with Crippen LogP contribution in [0.4, 0.5) is 11.5 Å². The summed E-state index contributed by atoms with van der Waals surface area (Å²) >= 11 is 5.87. The van der Waals surface area contributed by atoms with Crippen molar-refractivity contribution in [2.24, 2.45) is 5.84 Å². The molecule has 0 unspecified atom stereocenters. The van der Waals surface area contributed by atoms with Gasteiger partial charge in [0.05, 0.1) is 23.0 Å². The van der Waals surface area contributed by atoms with Crippen molar-refractivity contribution < 1.29 is 4.79 Å². The Morgan fingerprint density at radius 3 is 2.70 bits per heavy atom. The Balaban J connectivity index is 2.15. The van der Waals surface area contributed by atoms with Crippen molar-refractivity contribution in [3.05, 3.63) is 46.9 Å². The fourth-order valence-electron chi connectivity index (χ4n) is 1.40. The average molecular weight is 289 g/mol. The first-order valence-corrected chi connectivity index (χ1v) is 5.81. The number of nitrogen functional groups attached to an aromatic ring is 1. The summed E-state index contributed by atoms with van der Waals surface area (Å²) in [6.07, 6.45) is 2.62. The molecule has 1 heterocycles. The number of aromatic nitrogens is 2. The summed E-state index contributed by atoms with van der Waals surface area (Å²) < 4.78 is 0. The molecule has 0 saturated heterocycles. The Kier molecular flexibility index (Phi) is 4.10. The molecule has 2 aromatic rings. The van der Waals surface area contributed by atoms with Crippen LogP contribution in [-0.4, -0.2) is 15.9 Å². The third-order valence-corrected chi connectivity index (χ3v) is 2.69. The lowest BCUT2D eigenvalue weighted by Crippen LogP contribution is -2.15. The van der Waals surface area contributed by atoms with Gasteiger partial charge in [0.1, 0.15) is 11.8 Å². The number of halogens is 1. The Morgan fingerprint density at radius 1 is 1.35 bits per heavy atom. The Labute approximate surface area is 119 Å². The highest BCUT2D eigenvalue weighted by Gasteiger charge is 2.09. The minimum Gasteiger partial charge on any atom is -0.321 e. The molecule has 20 heavy (non-hydrogen) atoms. The Hall–Kier alpha value is -2.69. The number of carbonyl (C=O) groups is 1. The van der Waals surface area contributed by atoms with Crippen LogP contribution in [0.5, 0.6) is 0 Å². The molecule has 0 aliphatic carbocycles. The van der Waals surface area contributed by atoms with Crippen molar-refractivity contribution in [3.8, 4) is 6.07 Å². The van der Waals surface area contributed by atoms with Crippen LogP contribution in [0.1, 0.15) is 16.1 Å². The van der Waals surface area contributed by atoms with Gasteiger partial charge in [0.15, 0.2) is 5.82 Å². The van der Waals surface area contributed by atoms with Crippen molar-refractivity contribution >= 4 is 29.0 Å². The normalized spacial score (nSPS) is 9.65. The molecule has 1 aromatic heterocycles. The minimum absolute atomic E-state index is 0.129. The number of hydrogen-bond acceptors (Lipinski definition) is 6. The molecular weight excluding hydrogens is 280 g/mol. The molecule has 1 aromatic carbocycles. The maximum atomic E-state index is 11.9. The van der Waals surface area contributed by atoms with Gasteiger partial charge in [0.2, 0.25) is 0 Å². The van der Waals surface area contributed by atoms with Gasteiger partial charge >= 0.3 is 0 Å². The van der Waals surface area contributed by atoms with Crippen molar-refractivity contribution in [1.82, 2.24) is 9.97 Å². The number of anilines is 2. The van der Waals surface area contributed by atoms with E-state index in [2.05, 4.69) is 20.7 Å². The van der Waals surface area contributed by atoms with Crippen LogP contribution >= 0.6 is 11.6 Å². The first kappa shape index (κ1) is 13.7. The summed E-state index contributed by atoms with van der Waals surface area (Å²) in [5.74, 6) is 5.06. The van der Waals surface area contributed by atoms with E-state index in [0.717, 1.165) is 0 Å². The van der Waals surface area contributed by atoms with Gasteiger partial charge < -0.3 is 10.7 Å². The van der Waals surface area contributed by atoms with Crippen LogP contribution in [0, 0.1) is 11.3 Å². The molecule has 0 bridgehead atoms. The highest BCUT2D eigenvalue weighted by atomic mass is 35.5. The molecule has 7 nitrogen and oxygen atoms in total. The summed E-state index contributed by atoms with van der Waals surface area (Å²) in [6, 6.07) is 6.52. The van der Waals surface area contributed by atoms with Crippen molar-refractivity contribution in [3.63, 3.8) is 0 Å². The predicted molar refractivity (Wildman–Crippen MR) is 74.0 cm³/mol. The van der Waals surface area contributed by atoms with Gasteiger partial charge in [-0.25, -0.2) is 15.8 Å². The van der Waals surface area contributed by atoms with Gasteiger partial charge in [-0.1, -0.05) is 11.6 Å². The molecule has 0 aliphatic heterocycles. The maximum Gasteiger partial charge on any atom is 0.275 e. The van der Waals surface area contributed by atoms with Gasteiger partial charge in [-0.3, -0.25) is 4.79 Å². The number of nitriles is 1. The molecular formula is C12H9ClN6O. The second kappa shape index (κ2) is 5.97. The van der Waals surface area contributed by atoms with E-state index in [1.807, 2.05) is 6.07 Å². The van der Waals surface area contributed by atoms with Crippen LogP contribution in [-0.2, 0) is 0 Å². The van der Waals surface area contributed by atoms with Crippen LogP contribution in [0.2, 0.25) is 5.02 Å². The largest absolute Gasteiger partial charge is 0.321 e. The van der Waals surface area contributed by atoms with Crippen LogP contribution in [0.15, 0.2) is 30.6 Å². The van der Waals surface area contributed by atoms with Gasteiger partial charge in [0.25, 0.3) is 5.91 Å². The average Bonchev–Trinajstić information content (AvgIpc) is 2.47. The molecule has 0 fully saturated rings. The summed E-state index contributed by atoms with van der Waals surface area (Å²) in [5.41, 5.74) is 3.23. The lowest BCUT2D eigenvalue weighted by atomic mass is 10.2. The van der Waals surface area contributed by atoms with E-state index in [9.17, 15) is 4.79 Å². The number of nitrogens with zero attached hydrogens (tertiary/aromatic N) is 3. The number of amides is 1. The standard InChI is InChI=1S/C12H9ClN6O/c13-9-3-8(2-1-7(9)4-14)18-12(20)10-5-17-11(19-15)6-16-10/h1-3,5-6H,15H2,(H,17,19)(H,18,20). The van der Waals surface area contributed by atoms with E-state index < -0.39 is 5.91 Å². The minimum atomic E-state index is -0.443. The molecule has 8 heteroatoms. The van der Waals surface area contributed by atoms with E-state index in [0.29, 0.717) is 17.1 Å². The maximum absolute atomic E-state index is 11.9. The second-order valence-corrected chi connectivity index (χ2v) is 4.10. The molecule has 4 N–H and O–H groups in total. The van der Waals surface area contributed by atoms with Crippen LogP contribution in [0.3, 0.4) is 0 Å². The van der Waals surface area contributed by atoms with E-state index in [4.69, 9.17) is 22.7 Å². The van der Waals surface area contributed by atoms with Crippen LogP contribution in [0.25, 0.3) is 0 Å². The van der Waals surface area contributed by atoms with Gasteiger partial charge in [0, 0.05) is 5.69 Å². The molecule has 1 amide bonds. The van der Waals surface area contributed by atoms with Gasteiger partial charge in [-0.15, -0.1) is 0 Å². The number of hydrogen-bond donors (Lipinski definition) is 3. The number of nitrogens with one attached hydrogen (secondary N) is 2. The van der Waals surface area contributed by atoms with E-state index in [1.54, 1.807) is 6.07 Å². The van der Waals surface area contributed by atoms with Crippen LogP contribution < -0.4 is 16.6 Å². The highest BCUT2D eigenvalue weighted by molar-refractivity contribution is 6.32.